The Morgan fingerprint density at radius 2 is 2.22 bits per heavy atom. The second-order valence-electron chi connectivity index (χ2n) is 3.57. The summed E-state index contributed by atoms with van der Waals surface area (Å²) in [5.74, 6) is -0.483. The lowest BCUT2D eigenvalue weighted by atomic mass is 10.2. The summed E-state index contributed by atoms with van der Waals surface area (Å²) in [5, 5.41) is 10.8. The Bertz CT molecular complexity index is 582. The number of carbonyl (C=O) groups is 1. The lowest BCUT2D eigenvalue weighted by Gasteiger charge is -2.07. The molecule has 0 bridgehead atoms. The molecule has 4 nitrogen and oxygen atoms in total. The number of carboxylic acids is 1. The molecule has 0 spiro atoms. The minimum Gasteiger partial charge on any atom is -0.488 e. The molecule has 3 N–H and O–H groups in total. The van der Waals surface area contributed by atoms with Crippen LogP contribution < -0.4 is 10.5 Å². The number of hydrogen-bond acceptors (Lipinski definition) is 4. The summed E-state index contributed by atoms with van der Waals surface area (Å²) in [4.78, 5) is 11.9. The van der Waals surface area contributed by atoms with Crippen molar-refractivity contribution >= 4 is 38.9 Å². The Labute approximate surface area is 116 Å². The first kappa shape index (κ1) is 12.9. The number of rotatable bonds is 4. The molecule has 0 fully saturated rings. The van der Waals surface area contributed by atoms with Gasteiger partial charge in [-0.25, -0.2) is 4.79 Å². The van der Waals surface area contributed by atoms with E-state index < -0.39 is 5.97 Å². The van der Waals surface area contributed by atoms with E-state index in [2.05, 4.69) is 15.9 Å². The van der Waals surface area contributed by atoms with Gasteiger partial charge in [0.15, 0.2) is 0 Å². The van der Waals surface area contributed by atoms with Crippen LogP contribution in [0.1, 0.15) is 15.2 Å². The monoisotopic (exact) mass is 327 g/mol. The zero-order valence-corrected chi connectivity index (χ0v) is 11.6. The summed E-state index contributed by atoms with van der Waals surface area (Å²) in [6.45, 7) is 0.433. The molecule has 0 aliphatic carbocycles. The van der Waals surface area contributed by atoms with E-state index in [1.54, 1.807) is 17.4 Å². The molecular weight excluding hydrogens is 318 g/mol. The fourth-order valence-corrected chi connectivity index (χ4v) is 2.77. The molecule has 0 saturated heterocycles. The number of halogens is 1. The zero-order chi connectivity index (χ0) is 13.1. The van der Waals surface area contributed by atoms with Crippen molar-refractivity contribution in [3.8, 4) is 5.75 Å². The normalized spacial score (nSPS) is 10.3. The Kier molecular flexibility index (Phi) is 3.88. The van der Waals surface area contributed by atoms with Gasteiger partial charge in [0, 0.05) is 26.5 Å². The minimum absolute atomic E-state index is 0.0845. The van der Waals surface area contributed by atoms with E-state index >= 15 is 0 Å². The lowest BCUT2D eigenvalue weighted by Crippen LogP contribution is -2.03. The highest BCUT2D eigenvalue weighted by molar-refractivity contribution is 9.10. The summed E-state index contributed by atoms with van der Waals surface area (Å²) >= 11 is 4.95. The predicted octanol–water partition coefficient (Wildman–Crippen LogP) is 3.37. The fraction of sp³-hybridized carbons (Fsp3) is 0.0833. The molecule has 1 heterocycles. The standard InChI is InChI=1S/C12H10BrNO3S/c13-7-3-9(18-6-7)5-17-8-1-2-10(12(15)16)11(14)4-8/h1-4,6H,5,14H2,(H,15,16). The quantitative estimate of drug-likeness (QED) is 0.844. The number of carboxylic acid groups (broad SMARTS) is 1. The largest absolute Gasteiger partial charge is 0.488 e. The number of benzene rings is 1. The van der Waals surface area contributed by atoms with E-state index in [4.69, 9.17) is 15.6 Å². The molecule has 0 saturated carbocycles. The van der Waals surface area contributed by atoms with Crippen molar-refractivity contribution in [1.82, 2.24) is 0 Å². The predicted molar refractivity (Wildman–Crippen MR) is 74.2 cm³/mol. The number of thiophene rings is 1. The van der Waals surface area contributed by atoms with E-state index in [1.807, 2.05) is 11.4 Å². The first-order valence-corrected chi connectivity index (χ1v) is 6.72. The van der Waals surface area contributed by atoms with Gasteiger partial charge in [-0.3, -0.25) is 0 Å². The summed E-state index contributed by atoms with van der Waals surface area (Å²) < 4.78 is 6.56. The van der Waals surface area contributed by atoms with Gasteiger partial charge in [0.05, 0.1) is 5.56 Å². The van der Waals surface area contributed by atoms with Crippen molar-refractivity contribution in [3.05, 3.63) is 44.6 Å². The maximum absolute atomic E-state index is 10.8. The van der Waals surface area contributed by atoms with Crippen LogP contribution in [0.3, 0.4) is 0 Å². The van der Waals surface area contributed by atoms with Gasteiger partial charge in [-0.15, -0.1) is 11.3 Å². The number of nitrogen functional groups attached to an aromatic ring is 1. The molecule has 94 valence electrons. The number of nitrogens with two attached hydrogens (primary N) is 1. The highest BCUT2D eigenvalue weighted by atomic mass is 79.9. The van der Waals surface area contributed by atoms with Gasteiger partial charge < -0.3 is 15.6 Å². The van der Waals surface area contributed by atoms with Gasteiger partial charge in [0.2, 0.25) is 0 Å². The topological polar surface area (TPSA) is 72.5 Å². The highest BCUT2D eigenvalue weighted by Gasteiger charge is 2.08. The number of hydrogen-bond donors (Lipinski definition) is 2. The Hall–Kier alpha value is -1.53. The van der Waals surface area contributed by atoms with Crippen LogP contribution in [0, 0.1) is 0 Å². The average Bonchev–Trinajstić information content (AvgIpc) is 2.72. The molecule has 1 aromatic heterocycles. The van der Waals surface area contributed by atoms with Crippen LogP contribution in [0.5, 0.6) is 5.75 Å². The van der Waals surface area contributed by atoms with Crippen molar-refractivity contribution in [2.75, 3.05) is 5.73 Å². The third-order valence-electron chi connectivity index (χ3n) is 2.26. The van der Waals surface area contributed by atoms with Crippen molar-refractivity contribution in [1.29, 1.82) is 0 Å². The number of anilines is 1. The molecule has 0 radical (unpaired) electrons. The molecule has 2 aromatic rings. The third kappa shape index (κ3) is 3.02. The van der Waals surface area contributed by atoms with E-state index in [1.165, 1.54) is 12.1 Å². The highest BCUT2D eigenvalue weighted by Crippen LogP contribution is 2.24. The molecule has 18 heavy (non-hydrogen) atoms. The van der Waals surface area contributed by atoms with Crippen LogP contribution in [0.4, 0.5) is 5.69 Å². The van der Waals surface area contributed by atoms with Crippen LogP contribution in [0.15, 0.2) is 34.1 Å². The number of aromatic carboxylic acids is 1. The molecular formula is C12H10BrNO3S. The molecule has 0 amide bonds. The van der Waals surface area contributed by atoms with Gasteiger partial charge in [0.1, 0.15) is 12.4 Å². The van der Waals surface area contributed by atoms with Crippen molar-refractivity contribution < 1.29 is 14.6 Å². The first-order chi connectivity index (χ1) is 8.56. The molecule has 0 unspecified atom stereocenters. The van der Waals surface area contributed by atoms with Gasteiger partial charge in [0.25, 0.3) is 0 Å². The summed E-state index contributed by atoms with van der Waals surface area (Å²) in [6.07, 6.45) is 0. The Morgan fingerprint density at radius 3 is 2.78 bits per heavy atom. The summed E-state index contributed by atoms with van der Waals surface area (Å²) in [7, 11) is 0. The van der Waals surface area contributed by atoms with Crippen molar-refractivity contribution in [2.45, 2.75) is 6.61 Å². The second kappa shape index (κ2) is 5.41. The SMILES string of the molecule is Nc1cc(OCc2cc(Br)cs2)ccc1C(=O)O. The lowest BCUT2D eigenvalue weighted by molar-refractivity contribution is 0.0698. The van der Waals surface area contributed by atoms with Crippen molar-refractivity contribution in [3.63, 3.8) is 0 Å². The van der Waals surface area contributed by atoms with Crippen LogP contribution in [-0.2, 0) is 6.61 Å². The molecule has 0 aliphatic rings. The molecule has 0 atom stereocenters. The van der Waals surface area contributed by atoms with E-state index in [-0.39, 0.29) is 11.3 Å². The average molecular weight is 328 g/mol. The summed E-state index contributed by atoms with van der Waals surface area (Å²) in [5.41, 5.74) is 5.92. The van der Waals surface area contributed by atoms with Crippen LogP contribution >= 0.6 is 27.3 Å². The van der Waals surface area contributed by atoms with Gasteiger partial charge in [-0.1, -0.05) is 0 Å². The van der Waals surface area contributed by atoms with Gasteiger partial charge >= 0.3 is 5.97 Å². The molecule has 0 aliphatic heterocycles. The van der Waals surface area contributed by atoms with Crippen LogP contribution in [0.2, 0.25) is 0 Å². The van der Waals surface area contributed by atoms with Crippen molar-refractivity contribution in [2.24, 2.45) is 0 Å². The van der Waals surface area contributed by atoms with E-state index in [0.29, 0.717) is 12.4 Å². The third-order valence-corrected chi connectivity index (χ3v) is 3.93. The van der Waals surface area contributed by atoms with E-state index in [0.717, 1.165) is 9.35 Å². The minimum atomic E-state index is -1.04. The van der Waals surface area contributed by atoms with Gasteiger partial charge in [-0.05, 0) is 34.1 Å². The maximum Gasteiger partial charge on any atom is 0.337 e. The smallest absolute Gasteiger partial charge is 0.337 e. The first-order valence-electron chi connectivity index (χ1n) is 5.05. The second-order valence-corrected chi connectivity index (χ2v) is 5.49. The molecule has 2 rings (SSSR count). The Morgan fingerprint density at radius 1 is 1.44 bits per heavy atom. The van der Waals surface area contributed by atoms with Gasteiger partial charge in [-0.2, -0.15) is 0 Å². The van der Waals surface area contributed by atoms with Crippen LogP contribution in [0.25, 0.3) is 0 Å². The maximum atomic E-state index is 10.8. The zero-order valence-electron chi connectivity index (χ0n) is 9.22. The summed E-state index contributed by atoms with van der Waals surface area (Å²) in [6, 6.07) is 6.53. The molecule has 6 heteroatoms. The number of ether oxygens (including phenoxy) is 1. The Balaban J connectivity index is 2.06. The molecule has 1 aromatic carbocycles. The van der Waals surface area contributed by atoms with E-state index in [9.17, 15) is 4.79 Å². The fourth-order valence-electron chi connectivity index (χ4n) is 1.41. The van der Waals surface area contributed by atoms with Crippen LogP contribution in [-0.4, -0.2) is 11.1 Å².